The Bertz CT molecular complexity index is 453. The van der Waals surface area contributed by atoms with Gasteiger partial charge in [-0.25, -0.2) is 0 Å². The van der Waals surface area contributed by atoms with Gasteiger partial charge in [0, 0.05) is 24.8 Å². The highest BCUT2D eigenvalue weighted by Crippen LogP contribution is 2.18. The molecule has 0 aliphatic carbocycles. The summed E-state index contributed by atoms with van der Waals surface area (Å²) in [5, 5.41) is 8.92. The molecule has 1 aliphatic rings. The van der Waals surface area contributed by atoms with E-state index in [-0.39, 0.29) is 11.2 Å². The SMILES string of the molecule is N#Cc1cccc(CN2CC(S)CC2=O)c1. The molecule has 1 aromatic carbocycles. The van der Waals surface area contributed by atoms with Crippen LogP contribution in [0.1, 0.15) is 17.5 Å². The molecule has 0 bridgehead atoms. The molecule has 3 nitrogen and oxygen atoms in total. The number of carbonyl (C=O) groups is 1. The summed E-state index contributed by atoms with van der Waals surface area (Å²) in [6, 6.07) is 9.44. The lowest BCUT2D eigenvalue weighted by molar-refractivity contribution is -0.128. The number of benzene rings is 1. The minimum Gasteiger partial charge on any atom is -0.337 e. The lowest BCUT2D eigenvalue weighted by atomic mass is 10.1. The standard InChI is InChI=1S/C12H12N2OS/c13-6-9-2-1-3-10(4-9)7-14-8-11(16)5-12(14)15/h1-4,11,16H,5,7-8H2. The first-order chi connectivity index (χ1) is 7.69. The number of rotatable bonds is 2. The van der Waals surface area contributed by atoms with Crippen LogP contribution < -0.4 is 0 Å². The van der Waals surface area contributed by atoms with Gasteiger partial charge in [-0.2, -0.15) is 17.9 Å². The summed E-state index contributed by atoms with van der Waals surface area (Å²) in [4.78, 5) is 13.3. The molecule has 1 aliphatic heterocycles. The molecular formula is C12H12N2OS. The average Bonchev–Trinajstić information content (AvgIpc) is 2.58. The van der Waals surface area contributed by atoms with Crippen molar-refractivity contribution in [2.24, 2.45) is 0 Å². The molecule has 16 heavy (non-hydrogen) atoms. The van der Waals surface area contributed by atoms with Crippen LogP contribution in [0.3, 0.4) is 0 Å². The predicted octanol–water partition coefficient (Wildman–Crippen LogP) is 1.59. The number of hydrogen-bond acceptors (Lipinski definition) is 3. The van der Waals surface area contributed by atoms with Crippen LogP contribution in [0, 0.1) is 11.3 Å². The van der Waals surface area contributed by atoms with Gasteiger partial charge < -0.3 is 4.90 Å². The van der Waals surface area contributed by atoms with E-state index in [9.17, 15) is 4.79 Å². The van der Waals surface area contributed by atoms with Gasteiger partial charge in [-0.05, 0) is 17.7 Å². The van der Waals surface area contributed by atoms with Crippen LogP contribution in [-0.2, 0) is 11.3 Å². The van der Waals surface area contributed by atoms with Gasteiger partial charge in [-0.3, -0.25) is 4.79 Å². The molecule has 2 rings (SSSR count). The molecule has 0 aromatic heterocycles. The Morgan fingerprint density at radius 3 is 3.00 bits per heavy atom. The van der Waals surface area contributed by atoms with Crippen molar-refractivity contribution >= 4 is 18.5 Å². The molecule has 1 amide bonds. The van der Waals surface area contributed by atoms with E-state index in [1.165, 1.54) is 0 Å². The van der Waals surface area contributed by atoms with Gasteiger partial charge in [0.2, 0.25) is 5.91 Å². The fraction of sp³-hybridized carbons (Fsp3) is 0.333. The van der Waals surface area contributed by atoms with Crippen LogP contribution >= 0.6 is 12.6 Å². The van der Waals surface area contributed by atoms with E-state index in [2.05, 4.69) is 18.7 Å². The first-order valence-corrected chi connectivity index (χ1v) is 5.65. The number of nitriles is 1. The van der Waals surface area contributed by atoms with Crippen LogP contribution in [0.15, 0.2) is 24.3 Å². The van der Waals surface area contributed by atoms with Crippen molar-refractivity contribution in [3.63, 3.8) is 0 Å². The fourth-order valence-corrected chi connectivity index (χ4v) is 2.22. The molecule has 1 heterocycles. The molecule has 1 saturated heterocycles. The molecular weight excluding hydrogens is 220 g/mol. The molecule has 82 valence electrons. The quantitative estimate of drug-likeness (QED) is 0.787. The zero-order valence-electron chi connectivity index (χ0n) is 8.76. The van der Waals surface area contributed by atoms with Gasteiger partial charge >= 0.3 is 0 Å². The van der Waals surface area contributed by atoms with Crippen LogP contribution in [0.5, 0.6) is 0 Å². The largest absolute Gasteiger partial charge is 0.337 e. The van der Waals surface area contributed by atoms with Crippen LogP contribution in [0.25, 0.3) is 0 Å². The second-order valence-electron chi connectivity index (χ2n) is 3.94. The maximum atomic E-state index is 11.6. The lowest BCUT2D eigenvalue weighted by Gasteiger charge is -2.15. The van der Waals surface area contributed by atoms with E-state index in [4.69, 9.17) is 5.26 Å². The number of nitrogens with zero attached hydrogens (tertiary/aromatic N) is 2. The normalized spacial score (nSPS) is 19.9. The summed E-state index contributed by atoms with van der Waals surface area (Å²) in [5.41, 5.74) is 1.63. The van der Waals surface area contributed by atoms with E-state index in [0.29, 0.717) is 25.1 Å². The van der Waals surface area contributed by atoms with Crippen molar-refractivity contribution < 1.29 is 4.79 Å². The maximum Gasteiger partial charge on any atom is 0.224 e. The van der Waals surface area contributed by atoms with Crippen molar-refractivity contribution in [1.29, 1.82) is 5.26 Å². The summed E-state index contributed by atoms with van der Waals surface area (Å²) in [7, 11) is 0. The lowest BCUT2D eigenvalue weighted by Crippen LogP contribution is -2.24. The van der Waals surface area contributed by atoms with Gasteiger partial charge in [0.05, 0.1) is 11.6 Å². The number of hydrogen-bond donors (Lipinski definition) is 1. The van der Waals surface area contributed by atoms with Gasteiger partial charge in [-0.1, -0.05) is 12.1 Å². The molecule has 4 heteroatoms. The van der Waals surface area contributed by atoms with Crippen LogP contribution in [0.4, 0.5) is 0 Å². The maximum absolute atomic E-state index is 11.6. The van der Waals surface area contributed by atoms with Gasteiger partial charge in [0.15, 0.2) is 0 Å². The first-order valence-electron chi connectivity index (χ1n) is 5.14. The first kappa shape index (κ1) is 11.0. The summed E-state index contributed by atoms with van der Waals surface area (Å²) < 4.78 is 0. The molecule has 1 aromatic rings. The summed E-state index contributed by atoms with van der Waals surface area (Å²) in [6.45, 7) is 1.27. The number of amides is 1. The Hall–Kier alpha value is -1.47. The minimum atomic E-state index is 0.141. The molecule has 0 N–H and O–H groups in total. The second kappa shape index (κ2) is 4.58. The highest BCUT2D eigenvalue weighted by molar-refractivity contribution is 7.81. The van der Waals surface area contributed by atoms with E-state index in [1.54, 1.807) is 11.0 Å². The minimum absolute atomic E-state index is 0.141. The van der Waals surface area contributed by atoms with Crippen molar-refractivity contribution in [1.82, 2.24) is 4.90 Å². The van der Waals surface area contributed by atoms with Gasteiger partial charge in [-0.15, -0.1) is 0 Å². The smallest absolute Gasteiger partial charge is 0.224 e. The van der Waals surface area contributed by atoms with Crippen molar-refractivity contribution in [2.45, 2.75) is 18.2 Å². The molecule has 1 unspecified atom stereocenters. The van der Waals surface area contributed by atoms with E-state index >= 15 is 0 Å². The fourth-order valence-electron chi connectivity index (χ4n) is 1.86. The third-order valence-corrected chi connectivity index (χ3v) is 2.97. The van der Waals surface area contributed by atoms with E-state index in [0.717, 1.165) is 5.56 Å². The highest BCUT2D eigenvalue weighted by atomic mass is 32.1. The van der Waals surface area contributed by atoms with Crippen molar-refractivity contribution in [3.8, 4) is 6.07 Å². The molecule has 0 saturated carbocycles. The Morgan fingerprint density at radius 2 is 2.38 bits per heavy atom. The Kier molecular flexibility index (Phi) is 3.16. The monoisotopic (exact) mass is 232 g/mol. The average molecular weight is 232 g/mol. The zero-order valence-corrected chi connectivity index (χ0v) is 9.65. The van der Waals surface area contributed by atoms with E-state index in [1.807, 2.05) is 18.2 Å². The summed E-state index contributed by atoms with van der Waals surface area (Å²) >= 11 is 4.30. The third-order valence-electron chi connectivity index (χ3n) is 2.62. The van der Waals surface area contributed by atoms with Crippen LogP contribution in [-0.4, -0.2) is 22.6 Å². The molecule has 0 radical (unpaired) electrons. The second-order valence-corrected chi connectivity index (χ2v) is 4.67. The number of likely N-dealkylation sites (tertiary alicyclic amines) is 1. The Morgan fingerprint density at radius 1 is 1.56 bits per heavy atom. The topological polar surface area (TPSA) is 44.1 Å². The van der Waals surface area contributed by atoms with E-state index < -0.39 is 0 Å². The van der Waals surface area contributed by atoms with Crippen molar-refractivity contribution in [2.75, 3.05) is 6.54 Å². The zero-order chi connectivity index (χ0) is 11.5. The number of carbonyl (C=O) groups excluding carboxylic acids is 1. The van der Waals surface area contributed by atoms with Crippen molar-refractivity contribution in [3.05, 3.63) is 35.4 Å². The summed E-state index contributed by atoms with van der Waals surface area (Å²) in [6.07, 6.45) is 0.515. The molecule has 1 atom stereocenters. The summed E-state index contributed by atoms with van der Waals surface area (Å²) in [5.74, 6) is 0.141. The molecule has 0 spiro atoms. The molecule has 1 fully saturated rings. The third kappa shape index (κ3) is 2.37. The Labute approximate surface area is 100 Å². The number of thiol groups is 1. The predicted molar refractivity (Wildman–Crippen MR) is 64.0 cm³/mol. The highest BCUT2D eigenvalue weighted by Gasteiger charge is 2.26. The Balaban J connectivity index is 2.09. The van der Waals surface area contributed by atoms with Crippen LogP contribution in [0.2, 0.25) is 0 Å². The van der Waals surface area contributed by atoms with Gasteiger partial charge in [0.1, 0.15) is 0 Å². The van der Waals surface area contributed by atoms with Gasteiger partial charge in [0.25, 0.3) is 0 Å².